The molecule has 0 aliphatic rings. The molecule has 0 bridgehead atoms. The molecule has 0 radical (unpaired) electrons. The van der Waals surface area contributed by atoms with Gasteiger partial charge in [0.25, 0.3) is 0 Å². The molecule has 0 saturated heterocycles. The number of carbonyl (C=O) groups excluding carboxylic acids is 2. The Morgan fingerprint density at radius 2 is 1.57 bits per heavy atom. The van der Waals surface area contributed by atoms with Crippen molar-refractivity contribution >= 4 is 23.3 Å². The van der Waals surface area contributed by atoms with Crippen LogP contribution >= 0.6 is 11.3 Å². The zero-order chi connectivity index (χ0) is 23.0. The molecule has 7 nitrogen and oxygen atoms in total. The van der Waals surface area contributed by atoms with Crippen molar-refractivity contribution in [3.05, 3.63) is 27.7 Å². The number of nitrogens with zero attached hydrogens (tertiary/aromatic N) is 3. The van der Waals surface area contributed by atoms with Crippen LogP contribution in [0.3, 0.4) is 0 Å². The van der Waals surface area contributed by atoms with E-state index in [9.17, 15) is 9.59 Å². The lowest BCUT2D eigenvalue weighted by molar-refractivity contribution is -0.155. The zero-order valence-corrected chi connectivity index (χ0v) is 20.5. The predicted molar refractivity (Wildman–Crippen MR) is 117 cm³/mol. The van der Waals surface area contributed by atoms with Gasteiger partial charge < -0.3 is 9.47 Å². The summed E-state index contributed by atoms with van der Waals surface area (Å²) in [4.78, 5) is 26.3. The number of aromatic nitrogens is 3. The molecule has 0 aromatic carbocycles. The van der Waals surface area contributed by atoms with E-state index in [0.717, 1.165) is 10.4 Å². The predicted octanol–water partition coefficient (Wildman–Crippen LogP) is 5.04. The van der Waals surface area contributed by atoms with Gasteiger partial charge in [0.15, 0.2) is 0 Å². The fourth-order valence-electron chi connectivity index (χ4n) is 3.01. The third-order valence-corrected chi connectivity index (χ3v) is 5.55. The highest BCUT2D eigenvalue weighted by molar-refractivity contribution is 7.15. The average molecular weight is 436 g/mol. The van der Waals surface area contributed by atoms with Gasteiger partial charge in [-0.05, 0) is 67.9 Å². The molecule has 0 amide bonds. The van der Waals surface area contributed by atoms with Gasteiger partial charge in [-0.1, -0.05) is 6.92 Å². The number of esters is 2. The van der Waals surface area contributed by atoms with Crippen LogP contribution in [-0.4, -0.2) is 37.9 Å². The van der Waals surface area contributed by atoms with E-state index < -0.39 is 11.2 Å². The maximum absolute atomic E-state index is 13.0. The van der Waals surface area contributed by atoms with Crippen molar-refractivity contribution in [3.8, 4) is 5.00 Å². The monoisotopic (exact) mass is 435 g/mol. The van der Waals surface area contributed by atoms with Gasteiger partial charge in [0.05, 0.1) is 12.0 Å². The van der Waals surface area contributed by atoms with Crippen LogP contribution in [0.25, 0.3) is 5.00 Å². The summed E-state index contributed by atoms with van der Waals surface area (Å²) in [5.41, 5.74) is 0.238. The molecule has 166 valence electrons. The summed E-state index contributed by atoms with van der Waals surface area (Å²) in [6.07, 6.45) is 0.167. The van der Waals surface area contributed by atoms with Crippen LogP contribution in [0.15, 0.2) is 0 Å². The van der Waals surface area contributed by atoms with Gasteiger partial charge in [-0.15, -0.1) is 21.5 Å². The summed E-state index contributed by atoms with van der Waals surface area (Å²) in [7, 11) is 0. The van der Waals surface area contributed by atoms with Crippen molar-refractivity contribution in [2.45, 2.75) is 92.8 Å². The summed E-state index contributed by atoms with van der Waals surface area (Å²) in [5.74, 6) is 0.345. The van der Waals surface area contributed by atoms with Crippen molar-refractivity contribution in [1.82, 2.24) is 14.8 Å². The number of carbonyl (C=O) groups is 2. The Balaban J connectivity index is 2.47. The summed E-state index contributed by atoms with van der Waals surface area (Å²) in [6, 6.07) is 0. The van der Waals surface area contributed by atoms with Gasteiger partial charge >= 0.3 is 11.9 Å². The number of hydrogen-bond acceptors (Lipinski definition) is 7. The fourth-order valence-corrected chi connectivity index (χ4v) is 4.21. The van der Waals surface area contributed by atoms with Gasteiger partial charge in [-0.2, -0.15) is 0 Å². The van der Waals surface area contributed by atoms with Crippen LogP contribution in [0, 0.1) is 20.8 Å². The minimum atomic E-state index is -0.605. The quantitative estimate of drug-likeness (QED) is 0.612. The van der Waals surface area contributed by atoms with E-state index in [4.69, 9.17) is 9.47 Å². The molecule has 0 aliphatic heterocycles. The van der Waals surface area contributed by atoms with Crippen LogP contribution in [0.1, 0.15) is 93.3 Å². The Hall–Kier alpha value is -2.22. The lowest BCUT2D eigenvalue weighted by atomic mass is 10.1. The molecular weight excluding hydrogens is 402 g/mol. The topological polar surface area (TPSA) is 83.3 Å². The highest BCUT2D eigenvalue weighted by Crippen LogP contribution is 2.35. The standard InChI is InChI=1S/C22H33N3O4S/c1-12(11-16(26)28-21(5,6)7)18-24-23-15(4)25(18)19-17(13(2)14(3)30-19)20(27)29-22(8,9)10/h12H,11H2,1-10H3/t12-/m1/s1. The maximum Gasteiger partial charge on any atom is 0.341 e. The third-order valence-electron chi connectivity index (χ3n) is 4.36. The molecule has 0 aliphatic carbocycles. The summed E-state index contributed by atoms with van der Waals surface area (Å²) >= 11 is 1.49. The smallest absolute Gasteiger partial charge is 0.341 e. The first-order valence-corrected chi connectivity index (χ1v) is 10.9. The molecular formula is C22H33N3O4S. The molecule has 0 N–H and O–H groups in total. The summed E-state index contributed by atoms with van der Waals surface area (Å²) in [6.45, 7) is 18.7. The van der Waals surface area contributed by atoms with Gasteiger partial charge in [0.1, 0.15) is 27.9 Å². The van der Waals surface area contributed by atoms with Crippen molar-refractivity contribution in [3.63, 3.8) is 0 Å². The second-order valence-corrected chi connectivity index (χ2v) is 10.8. The molecule has 0 saturated carbocycles. The number of rotatable bonds is 5. The third kappa shape index (κ3) is 5.68. The highest BCUT2D eigenvalue weighted by Gasteiger charge is 2.30. The van der Waals surface area contributed by atoms with E-state index in [-0.39, 0.29) is 24.3 Å². The van der Waals surface area contributed by atoms with E-state index in [1.165, 1.54) is 11.3 Å². The van der Waals surface area contributed by atoms with Crippen LogP contribution < -0.4 is 0 Å². The van der Waals surface area contributed by atoms with Crippen LogP contribution in [0.2, 0.25) is 0 Å². The van der Waals surface area contributed by atoms with Crippen LogP contribution in [0.4, 0.5) is 0 Å². The fraction of sp³-hybridized carbons (Fsp3) is 0.636. The molecule has 2 aromatic rings. The molecule has 2 aromatic heterocycles. The molecule has 0 spiro atoms. The Morgan fingerprint density at radius 1 is 1.00 bits per heavy atom. The number of aryl methyl sites for hydroxylation is 2. The van der Waals surface area contributed by atoms with E-state index in [0.29, 0.717) is 22.2 Å². The second-order valence-electron chi connectivity index (χ2n) is 9.60. The van der Waals surface area contributed by atoms with Gasteiger partial charge in [0, 0.05) is 10.8 Å². The van der Waals surface area contributed by atoms with Gasteiger partial charge in [0.2, 0.25) is 0 Å². The van der Waals surface area contributed by atoms with E-state index in [1.54, 1.807) is 0 Å². The molecule has 1 atom stereocenters. The van der Waals surface area contributed by atoms with Gasteiger partial charge in [-0.25, -0.2) is 4.79 Å². The molecule has 8 heteroatoms. The van der Waals surface area contributed by atoms with Crippen molar-refractivity contribution in [1.29, 1.82) is 0 Å². The van der Waals surface area contributed by atoms with Crippen molar-refractivity contribution < 1.29 is 19.1 Å². The summed E-state index contributed by atoms with van der Waals surface area (Å²) < 4.78 is 13.0. The largest absolute Gasteiger partial charge is 0.460 e. The Labute approximate surface area is 182 Å². The Bertz CT molecular complexity index is 945. The Morgan fingerprint density at radius 3 is 2.10 bits per heavy atom. The first kappa shape index (κ1) is 24.1. The minimum Gasteiger partial charge on any atom is -0.460 e. The van der Waals surface area contributed by atoms with Crippen LogP contribution in [0.5, 0.6) is 0 Å². The zero-order valence-electron chi connectivity index (χ0n) is 19.7. The maximum atomic E-state index is 13.0. The van der Waals surface area contributed by atoms with E-state index in [1.807, 2.05) is 73.8 Å². The minimum absolute atomic E-state index is 0.167. The first-order chi connectivity index (χ1) is 13.6. The highest BCUT2D eigenvalue weighted by atomic mass is 32.1. The number of ether oxygens (including phenoxy) is 2. The SMILES string of the molecule is Cc1sc(-n2c(C)nnc2[C@H](C)CC(=O)OC(C)(C)C)c(C(=O)OC(C)(C)C)c1C. The molecule has 2 heterocycles. The van der Waals surface area contributed by atoms with Crippen molar-refractivity contribution in [2.24, 2.45) is 0 Å². The first-order valence-electron chi connectivity index (χ1n) is 10.1. The summed E-state index contributed by atoms with van der Waals surface area (Å²) in [5, 5.41) is 9.26. The average Bonchev–Trinajstić information content (AvgIpc) is 3.04. The molecule has 0 unspecified atom stereocenters. The number of thiophene rings is 1. The normalized spacial score (nSPS) is 13.3. The van der Waals surface area contributed by atoms with Crippen molar-refractivity contribution in [2.75, 3.05) is 0 Å². The van der Waals surface area contributed by atoms with E-state index in [2.05, 4.69) is 10.2 Å². The van der Waals surface area contributed by atoms with E-state index >= 15 is 0 Å². The van der Waals surface area contributed by atoms with Gasteiger partial charge in [-0.3, -0.25) is 9.36 Å². The Kier molecular flexibility index (Phi) is 6.81. The lowest BCUT2D eigenvalue weighted by Crippen LogP contribution is -2.25. The van der Waals surface area contributed by atoms with Crippen LogP contribution in [-0.2, 0) is 14.3 Å². The molecule has 2 rings (SSSR count). The number of hydrogen-bond donors (Lipinski definition) is 0. The molecule has 30 heavy (non-hydrogen) atoms. The molecule has 0 fully saturated rings. The lowest BCUT2D eigenvalue weighted by Gasteiger charge is -2.22. The second kappa shape index (κ2) is 8.49.